The normalized spacial score (nSPS) is 20.1. The van der Waals surface area contributed by atoms with E-state index in [0.717, 1.165) is 18.7 Å². The summed E-state index contributed by atoms with van der Waals surface area (Å²) in [4.78, 5) is 25.8. The van der Waals surface area contributed by atoms with E-state index in [1.807, 2.05) is 11.4 Å². The monoisotopic (exact) mass is 367 g/mol. The van der Waals surface area contributed by atoms with Gasteiger partial charge in [-0.05, 0) is 19.3 Å². The fourth-order valence-electron chi connectivity index (χ4n) is 1.70. The lowest BCUT2D eigenvalue weighted by molar-refractivity contribution is -0.115. The van der Waals surface area contributed by atoms with Crippen molar-refractivity contribution < 1.29 is 23.8 Å². The number of nitrogens with one attached hydrogen (secondary N) is 2. The van der Waals surface area contributed by atoms with Gasteiger partial charge in [-0.3, -0.25) is 9.59 Å². The van der Waals surface area contributed by atoms with Crippen LogP contribution in [0.3, 0.4) is 0 Å². The summed E-state index contributed by atoms with van der Waals surface area (Å²) in [5, 5.41) is 13.3. The van der Waals surface area contributed by atoms with Gasteiger partial charge in [-0.1, -0.05) is 31.7 Å². The van der Waals surface area contributed by atoms with Crippen LogP contribution in [-0.4, -0.2) is 42.2 Å². The standard InChI is InChI=1S/C14H18FN3O4.C4H8/c1-2-3-4-12(21)17-14(11(15)7-16-9-20)18-13-6-5-10(8-19)22-13;1-3-4-2/h2-4,7,9-10,13,19H,1,5-6,8H2,(H,16,20)(H,17,18,21);3H,1,4H2,2H3/b4-3+,11-7+;. The zero-order valence-corrected chi connectivity index (χ0v) is 14.9. The molecule has 144 valence electrons. The quantitative estimate of drug-likeness (QED) is 0.152. The first-order valence-electron chi connectivity index (χ1n) is 8.13. The molecule has 2 atom stereocenters. The molecule has 0 radical (unpaired) electrons. The zero-order valence-electron chi connectivity index (χ0n) is 14.9. The SMILES string of the molecule is C=C/C=C/C(=O)NC(=N/C1CCC(CO)O1)/C(F)=C\NC=O.C=CCC. The Morgan fingerprint density at radius 3 is 2.62 bits per heavy atom. The first-order chi connectivity index (χ1) is 12.5. The largest absolute Gasteiger partial charge is 0.394 e. The second-order valence-corrected chi connectivity index (χ2v) is 5.01. The van der Waals surface area contributed by atoms with Gasteiger partial charge in [-0.15, -0.1) is 6.58 Å². The molecule has 7 nitrogen and oxygen atoms in total. The van der Waals surface area contributed by atoms with E-state index in [2.05, 4.69) is 30.4 Å². The molecule has 0 aliphatic carbocycles. The Morgan fingerprint density at radius 1 is 1.42 bits per heavy atom. The maximum Gasteiger partial charge on any atom is 0.249 e. The number of rotatable bonds is 8. The predicted molar refractivity (Wildman–Crippen MR) is 98.8 cm³/mol. The number of allylic oxidation sites excluding steroid dienone is 3. The molecule has 3 N–H and O–H groups in total. The Hall–Kier alpha value is -2.58. The summed E-state index contributed by atoms with van der Waals surface area (Å²) in [5.74, 6) is -1.90. The summed E-state index contributed by atoms with van der Waals surface area (Å²) < 4.78 is 19.3. The fraction of sp³-hybridized carbons (Fsp3) is 0.389. The van der Waals surface area contributed by atoms with Gasteiger partial charge >= 0.3 is 0 Å². The highest BCUT2D eigenvalue weighted by Gasteiger charge is 2.25. The lowest BCUT2D eigenvalue weighted by Gasteiger charge is -2.11. The highest BCUT2D eigenvalue weighted by molar-refractivity contribution is 6.09. The lowest BCUT2D eigenvalue weighted by Crippen LogP contribution is -2.31. The number of amides is 2. The van der Waals surface area contributed by atoms with Gasteiger partial charge in [0.1, 0.15) is 0 Å². The summed E-state index contributed by atoms with van der Waals surface area (Å²) in [7, 11) is 0. The molecule has 8 heteroatoms. The highest BCUT2D eigenvalue weighted by atomic mass is 19.1. The third kappa shape index (κ3) is 10.3. The minimum Gasteiger partial charge on any atom is -0.394 e. The molecule has 0 aromatic carbocycles. The number of amidine groups is 1. The van der Waals surface area contributed by atoms with Crippen LogP contribution in [-0.2, 0) is 14.3 Å². The topological polar surface area (TPSA) is 100 Å². The third-order valence-electron chi connectivity index (χ3n) is 2.98. The van der Waals surface area contributed by atoms with E-state index in [1.165, 1.54) is 12.2 Å². The first kappa shape index (κ1) is 23.4. The molecule has 0 saturated carbocycles. The smallest absolute Gasteiger partial charge is 0.249 e. The summed E-state index contributed by atoms with van der Waals surface area (Å²) in [6, 6.07) is 0. The van der Waals surface area contributed by atoms with Gasteiger partial charge in [0.05, 0.1) is 12.7 Å². The Morgan fingerprint density at radius 2 is 2.12 bits per heavy atom. The van der Waals surface area contributed by atoms with Crippen molar-refractivity contribution in [3.8, 4) is 0 Å². The average molecular weight is 367 g/mol. The second kappa shape index (κ2) is 14.7. The van der Waals surface area contributed by atoms with Crippen LogP contribution in [0.1, 0.15) is 26.2 Å². The molecule has 0 aromatic heterocycles. The maximum absolute atomic E-state index is 13.9. The van der Waals surface area contributed by atoms with Crippen LogP contribution in [0.4, 0.5) is 4.39 Å². The van der Waals surface area contributed by atoms with Gasteiger partial charge in [0.2, 0.25) is 12.3 Å². The van der Waals surface area contributed by atoms with Crippen molar-refractivity contribution in [3.05, 3.63) is 49.5 Å². The minimum absolute atomic E-state index is 0.152. The third-order valence-corrected chi connectivity index (χ3v) is 2.98. The predicted octanol–water partition coefficient (Wildman–Crippen LogP) is 1.88. The van der Waals surface area contributed by atoms with Crippen molar-refractivity contribution >= 4 is 18.2 Å². The molecule has 26 heavy (non-hydrogen) atoms. The molecular formula is C18H26FN3O4. The summed E-state index contributed by atoms with van der Waals surface area (Å²) in [6.07, 6.45) is 7.97. The molecule has 1 aliphatic rings. The van der Waals surface area contributed by atoms with Crippen LogP contribution in [0.25, 0.3) is 0 Å². The summed E-state index contributed by atoms with van der Waals surface area (Å²) in [5.41, 5.74) is 0. The Labute approximate surface area is 153 Å². The van der Waals surface area contributed by atoms with Gasteiger partial charge < -0.3 is 20.5 Å². The molecule has 1 fully saturated rings. The van der Waals surface area contributed by atoms with Crippen LogP contribution in [0.5, 0.6) is 0 Å². The molecule has 0 bridgehead atoms. The summed E-state index contributed by atoms with van der Waals surface area (Å²) >= 11 is 0. The van der Waals surface area contributed by atoms with E-state index >= 15 is 0 Å². The van der Waals surface area contributed by atoms with Crippen LogP contribution in [0, 0.1) is 0 Å². The molecule has 1 heterocycles. The molecule has 0 spiro atoms. The van der Waals surface area contributed by atoms with Crippen molar-refractivity contribution in [1.29, 1.82) is 0 Å². The number of hydrogen-bond acceptors (Lipinski definition) is 5. The average Bonchev–Trinajstić information content (AvgIpc) is 3.11. The molecule has 1 aliphatic heterocycles. The number of nitrogens with zero attached hydrogens (tertiary/aromatic N) is 1. The number of carbonyl (C=O) groups is 2. The molecule has 1 saturated heterocycles. The Kier molecular flexibility index (Phi) is 13.3. The van der Waals surface area contributed by atoms with Crippen molar-refractivity contribution in [3.63, 3.8) is 0 Å². The number of aliphatic imine (C=N–C) groups is 1. The van der Waals surface area contributed by atoms with Gasteiger partial charge in [0.25, 0.3) is 0 Å². The maximum atomic E-state index is 13.9. The van der Waals surface area contributed by atoms with Crippen molar-refractivity contribution in [1.82, 2.24) is 10.6 Å². The molecule has 2 unspecified atom stereocenters. The number of aliphatic hydroxyl groups excluding tert-OH is 1. The van der Waals surface area contributed by atoms with Gasteiger partial charge in [0.15, 0.2) is 17.9 Å². The lowest BCUT2D eigenvalue weighted by atomic mass is 10.2. The minimum atomic E-state index is -0.927. The van der Waals surface area contributed by atoms with Crippen molar-refractivity contribution in [2.75, 3.05) is 6.61 Å². The highest BCUT2D eigenvalue weighted by Crippen LogP contribution is 2.20. The van der Waals surface area contributed by atoms with Crippen LogP contribution in [0.15, 0.2) is 54.5 Å². The zero-order chi connectivity index (χ0) is 19.8. The molecule has 0 aromatic rings. The van der Waals surface area contributed by atoms with E-state index < -0.39 is 18.0 Å². The van der Waals surface area contributed by atoms with Gasteiger partial charge in [0, 0.05) is 12.3 Å². The number of aliphatic hydroxyl groups is 1. The van der Waals surface area contributed by atoms with Crippen molar-refractivity contribution in [2.45, 2.75) is 38.5 Å². The van der Waals surface area contributed by atoms with E-state index in [9.17, 15) is 14.0 Å². The van der Waals surface area contributed by atoms with Crippen LogP contribution < -0.4 is 10.6 Å². The van der Waals surface area contributed by atoms with Gasteiger partial charge in [-0.2, -0.15) is 0 Å². The summed E-state index contributed by atoms with van der Waals surface area (Å²) in [6.45, 7) is 8.80. The van der Waals surface area contributed by atoms with Crippen LogP contribution in [0.2, 0.25) is 0 Å². The van der Waals surface area contributed by atoms with E-state index in [-0.39, 0.29) is 25.0 Å². The molecule has 1 rings (SSSR count). The second-order valence-electron chi connectivity index (χ2n) is 5.01. The van der Waals surface area contributed by atoms with E-state index in [1.54, 1.807) is 0 Å². The van der Waals surface area contributed by atoms with Gasteiger partial charge in [-0.25, -0.2) is 9.38 Å². The molecule has 2 amide bonds. The number of ether oxygens (including phenoxy) is 1. The van der Waals surface area contributed by atoms with E-state index in [4.69, 9.17) is 9.84 Å². The fourth-order valence-corrected chi connectivity index (χ4v) is 1.70. The van der Waals surface area contributed by atoms with E-state index in [0.29, 0.717) is 12.8 Å². The molecular weight excluding hydrogens is 341 g/mol. The van der Waals surface area contributed by atoms with Crippen molar-refractivity contribution in [2.24, 2.45) is 4.99 Å². The first-order valence-corrected chi connectivity index (χ1v) is 8.13. The van der Waals surface area contributed by atoms with Crippen LogP contribution >= 0.6 is 0 Å². The number of halogens is 1. The number of hydrogen-bond donors (Lipinski definition) is 3. The Balaban J connectivity index is 0.00000141. The number of carbonyl (C=O) groups excluding carboxylic acids is 2. The Bertz CT molecular complexity index is 559.